The van der Waals surface area contributed by atoms with Gasteiger partial charge in [-0.2, -0.15) is 0 Å². The second-order valence-corrected chi connectivity index (χ2v) is 10.9. The van der Waals surface area contributed by atoms with Gasteiger partial charge in [0.2, 0.25) is 5.52 Å². The maximum Gasteiger partial charge on any atom is 0.224 e. The largest absolute Gasteiger partial charge is 0.307 e. The molecule has 0 N–H and O–H groups in total. The maximum atomic E-state index is 2.56. The number of nitrogens with zero attached hydrogens (tertiary/aromatic N) is 2. The topological polar surface area (TPSA) is 8.29 Å². The molecular weight excluding hydrogens is 400 g/mol. The number of hydrogen-bond acceptors (Lipinski definition) is 0. The van der Waals surface area contributed by atoms with E-state index in [-0.39, 0.29) is 0 Å². The van der Waals surface area contributed by atoms with Gasteiger partial charge in [0.15, 0.2) is 6.20 Å². The maximum absolute atomic E-state index is 2.56. The van der Waals surface area contributed by atoms with Crippen LogP contribution in [-0.4, -0.2) is 4.40 Å². The normalized spacial score (nSPS) is 12.7. The van der Waals surface area contributed by atoms with E-state index in [1.807, 2.05) is 0 Å². The summed E-state index contributed by atoms with van der Waals surface area (Å²) in [6.45, 7) is 11.5. The van der Waals surface area contributed by atoms with E-state index < -0.39 is 0 Å². The van der Waals surface area contributed by atoms with Crippen LogP contribution >= 0.6 is 0 Å². The highest BCUT2D eigenvalue weighted by Gasteiger charge is 2.24. The number of benzene rings is 3. The molecule has 0 fully saturated rings. The Morgan fingerprint density at radius 1 is 0.758 bits per heavy atom. The molecule has 0 radical (unpaired) electrons. The van der Waals surface area contributed by atoms with Gasteiger partial charge in [-0.1, -0.05) is 52.0 Å². The summed E-state index contributed by atoms with van der Waals surface area (Å²) in [5.74, 6) is 1.28. The van der Waals surface area contributed by atoms with Crippen LogP contribution in [0.25, 0.3) is 49.0 Å². The molecule has 0 spiro atoms. The quantitative estimate of drug-likeness (QED) is 0.154. The lowest BCUT2D eigenvalue weighted by Crippen LogP contribution is -2.29. The van der Waals surface area contributed by atoms with Crippen molar-refractivity contribution >= 4 is 49.0 Å². The molecule has 6 aromatic rings. The van der Waals surface area contributed by atoms with Gasteiger partial charge in [0.05, 0.1) is 27.3 Å². The molecule has 0 saturated heterocycles. The van der Waals surface area contributed by atoms with Crippen molar-refractivity contribution in [2.75, 3.05) is 0 Å². The highest BCUT2D eigenvalue weighted by molar-refractivity contribution is 6.25. The summed E-state index contributed by atoms with van der Waals surface area (Å²) in [7, 11) is 2.19. The molecule has 3 aromatic carbocycles. The van der Waals surface area contributed by atoms with E-state index in [2.05, 4.69) is 105 Å². The Hall–Kier alpha value is -3.13. The van der Waals surface area contributed by atoms with Gasteiger partial charge in [-0.25, -0.2) is 4.57 Å². The molecule has 0 aliphatic heterocycles. The van der Waals surface area contributed by atoms with Gasteiger partial charge in [0.25, 0.3) is 0 Å². The van der Waals surface area contributed by atoms with Crippen molar-refractivity contribution in [3.05, 3.63) is 71.4 Å². The average molecular weight is 434 g/mol. The third-order valence-electron chi connectivity index (χ3n) is 7.24. The zero-order valence-corrected chi connectivity index (χ0v) is 20.7. The van der Waals surface area contributed by atoms with Crippen molar-refractivity contribution in [3.63, 3.8) is 0 Å². The van der Waals surface area contributed by atoms with Crippen LogP contribution in [0.2, 0.25) is 0 Å². The van der Waals surface area contributed by atoms with Gasteiger partial charge < -0.3 is 4.40 Å². The fourth-order valence-corrected chi connectivity index (χ4v) is 6.01. The Bertz CT molecular complexity index is 1680. The molecule has 2 nitrogen and oxygen atoms in total. The van der Waals surface area contributed by atoms with Crippen LogP contribution in [-0.2, 0) is 19.9 Å². The first-order valence-electron chi connectivity index (χ1n) is 12.4. The van der Waals surface area contributed by atoms with Crippen molar-refractivity contribution in [2.45, 2.75) is 47.5 Å². The summed E-state index contributed by atoms with van der Waals surface area (Å²) in [4.78, 5) is 0. The summed E-state index contributed by atoms with van der Waals surface area (Å²) >= 11 is 0. The van der Waals surface area contributed by atoms with Crippen LogP contribution in [0.4, 0.5) is 0 Å². The average Bonchev–Trinajstić information content (AvgIpc) is 3.07. The lowest BCUT2D eigenvalue weighted by molar-refractivity contribution is -0.643. The first-order valence-corrected chi connectivity index (χ1v) is 12.4. The van der Waals surface area contributed by atoms with E-state index in [9.17, 15) is 0 Å². The van der Waals surface area contributed by atoms with E-state index in [1.54, 1.807) is 0 Å². The number of aryl methyl sites for hydroxylation is 2. The second-order valence-electron chi connectivity index (χ2n) is 10.9. The first kappa shape index (κ1) is 20.5. The Balaban J connectivity index is 1.89. The van der Waals surface area contributed by atoms with Crippen LogP contribution in [0.15, 0.2) is 54.7 Å². The predicted molar refractivity (Wildman–Crippen MR) is 142 cm³/mol. The molecule has 0 amide bonds. The van der Waals surface area contributed by atoms with Gasteiger partial charge in [-0.15, -0.1) is 0 Å². The van der Waals surface area contributed by atoms with Gasteiger partial charge in [0.1, 0.15) is 7.05 Å². The molecule has 0 aliphatic carbocycles. The summed E-state index contributed by atoms with van der Waals surface area (Å²) in [5, 5.41) is 6.85. The molecule has 3 aromatic heterocycles. The Kier molecular flexibility index (Phi) is 4.46. The minimum Gasteiger partial charge on any atom is -0.307 e. The van der Waals surface area contributed by atoms with Crippen molar-refractivity contribution in [3.8, 4) is 0 Å². The smallest absolute Gasteiger partial charge is 0.224 e. The van der Waals surface area contributed by atoms with Gasteiger partial charge in [-0.3, -0.25) is 0 Å². The van der Waals surface area contributed by atoms with E-state index >= 15 is 0 Å². The molecule has 166 valence electrons. The summed E-state index contributed by atoms with van der Waals surface area (Å²) in [5.41, 5.74) is 9.57. The minimum atomic E-state index is 0.632. The molecule has 6 rings (SSSR count). The van der Waals surface area contributed by atoms with Gasteiger partial charge in [0, 0.05) is 16.8 Å². The monoisotopic (exact) mass is 433 g/mol. The third-order valence-corrected chi connectivity index (χ3v) is 7.24. The number of aromatic nitrogens is 2. The molecule has 0 bridgehead atoms. The molecule has 33 heavy (non-hydrogen) atoms. The zero-order valence-electron chi connectivity index (χ0n) is 20.7. The summed E-state index contributed by atoms with van der Waals surface area (Å²) < 4.78 is 4.88. The van der Waals surface area contributed by atoms with Gasteiger partial charge >= 0.3 is 0 Å². The van der Waals surface area contributed by atoms with Crippen LogP contribution in [0.1, 0.15) is 44.4 Å². The van der Waals surface area contributed by atoms with E-state index in [4.69, 9.17) is 0 Å². The first-order chi connectivity index (χ1) is 15.8. The molecular formula is C31H33N2+. The predicted octanol–water partition coefficient (Wildman–Crippen LogP) is 7.52. The number of pyridine rings is 2. The number of fused-ring (bicyclic) bond motifs is 5. The lowest BCUT2D eigenvalue weighted by Gasteiger charge is -2.15. The molecule has 0 aliphatic rings. The van der Waals surface area contributed by atoms with Crippen LogP contribution in [0.3, 0.4) is 0 Å². The standard InChI is InChI=1S/C31H33N2/c1-18(2)13-21-8-10-26-25(16-21)24-9-7-20(5)28-30(24)33(26)27-17-22(14-19(3)4)15-23-11-12-32(6)31(28)29(23)27/h7-12,15-19H,13-14H2,1-6H3/q+1. The molecule has 3 heterocycles. The summed E-state index contributed by atoms with van der Waals surface area (Å²) in [6, 6.07) is 19.0. The van der Waals surface area contributed by atoms with Crippen molar-refractivity contribution in [1.29, 1.82) is 0 Å². The van der Waals surface area contributed by atoms with Crippen molar-refractivity contribution < 1.29 is 4.57 Å². The van der Waals surface area contributed by atoms with E-state index in [0.29, 0.717) is 11.8 Å². The SMILES string of the molecule is Cc1ccc2c3cc(CC(C)C)ccc3n3c4cc(CC(C)C)cc5cc[n+](C)c(c1c23)c54. The second kappa shape index (κ2) is 7.18. The van der Waals surface area contributed by atoms with Crippen molar-refractivity contribution in [2.24, 2.45) is 18.9 Å². The third kappa shape index (κ3) is 2.96. The molecule has 0 atom stereocenters. The Labute approximate surface area is 195 Å². The Morgan fingerprint density at radius 3 is 2.27 bits per heavy atom. The van der Waals surface area contributed by atoms with E-state index in [1.165, 1.54) is 65.7 Å². The number of rotatable bonds is 4. The zero-order chi connectivity index (χ0) is 23.0. The number of hydrogen-bond donors (Lipinski definition) is 0. The highest BCUT2D eigenvalue weighted by atomic mass is 15.0. The van der Waals surface area contributed by atoms with E-state index in [0.717, 1.165) is 12.8 Å². The highest BCUT2D eigenvalue weighted by Crippen LogP contribution is 2.41. The minimum absolute atomic E-state index is 0.632. The molecule has 0 unspecified atom stereocenters. The van der Waals surface area contributed by atoms with Gasteiger partial charge in [-0.05, 0) is 71.9 Å². The molecule has 2 heteroatoms. The van der Waals surface area contributed by atoms with Crippen molar-refractivity contribution in [1.82, 2.24) is 4.40 Å². The van der Waals surface area contributed by atoms with Crippen LogP contribution < -0.4 is 4.57 Å². The Morgan fingerprint density at radius 2 is 1.52 bits per heavy atom. The fourth-order valence-electron chi connectivity index (χ4n) is 6.01. The fraction of sp³-hybridized carbons (Fsp3) is 0.323. The lowest BCUT2D eigenvalue weighted by atomic mass is 9.95. The summed E-state index contributed by atoms with van der Waals surface area (Å²) in [6.07, 6.45) is 4.45. The van der Waals surface area contributed by atoms with Crippen LogP contribution in [0.5, 0.6) is 0 Å². The van der Waals surface area contributed by atoms with Crippen LogP contribution in [0, 0.1) is 18.8 Å². The molecule has 0 saturated carbocycles.